The van der Waals surface area contributed by atoms with Crippen LogP contribution in [0.15, 0.2) is 30.3 Å². The summed E-state index contributed by atoms with van der Waals surface area (Å²) >= 11 is 0. The minimum absolute atomic E-state index is 0.0219. The largest absolute Gasteiger partial charge is 0.493 e. The Balaban J connectivity index is 2.56. The molecule has 0 saturated heterocycles. The molecule has 0 aliphatic rings. The summed E-state index contributed by atoms with van der Waals surface area (Å²) < 4.78 is 87.7. The van der Waals surface area contributed by atoms with Gasteiger partial charge in [0.15, 0.2) is 11.5 Å². The standard InChI is InChI=1S/C18H13F6NO5/c1-29-13-6-11(16(27)28)12(7-14(13)30-2)25-15(26)8-3-9(17(19,20)21)5-10(4-8)18(22,23)24/h3-7H,1-2H3,(H,25,26)(H,27,28). The average Bonchev–Trinajstić information content (AvgIpc) is 2.65. The van der Waals surface area contributed by atoms with Crippen molar-refractivity contribution in [2.24, 2.45) is 0 Å². The van der Waals surface area contributed by atoms with Gasteiger partial charge in [-0.2, -0.15) is 26.3 Å². The van der Waals surface area contributed by atoms with Gasteiger partial charge in [0.25, 0.3) is 5.91 Å². The van der Waals surface area contributed by atoms with Gasteiger partial charge in [0.05, 0.1) is 36.6 Å². The van der Waals surface area contributed by atoms with Crippen LogP contribution < -0.4 is 14.8 Å². The third-order valence-corrected chi connectivity index (χ3v) is 3.85. The first-order chi connectivity index (χ1) is 13.8. The molecule has 0 fully saturated rings. The Bertz CT molecular complexity index is 952. The van der Waals surface area contributed by atoms with Gasteiger partial charge in [-0.25, -0.2) is 4.79 Å². The maximum absolute atomic E-state index is 13.0. The number of anilines is 1. The number of hydrogen-bond donors (Lipinski definition) is 2. The van der Waals surface area contributed by atoms with Crippen LogP contribution in [-0.2, 0) is 12.4 Å². The molecular formula is C18H13F6NO5. The zero-order valence-electron chi connectivity index (χ0n) is 15.2. The molecular weight excluding hydrogens is 424 g/mol. The number of methoxy groups -OCH3 is 2. The molecule has 0 radical (unpaired) electrons. The third kappa shape index (κ3) is 4.93. The second-order valence-corrected chi connectivity index (χ2v) is 5.81. The van der Waals surface area contributed by atoms with Crippen molar-refractivity contribution >= 4 is 17.6 Å². The predicted octanol–water partition coefficient (Wildman–Crippen LogP) is 4.69. The molecule has 0 unspecified atom stereocenters. The highest BCUT2D eigenvalue weighted by molar-refractivity contribution is 6.08. The van der Waals surface area contributed by atoms with Crippen molar-refractivity contribution in [3.05, 3.63) is 52.6 Å². The number of benzene rings is 2. The fourth-order valence-electron chi connectivity index (χ4n) is 2.44. The van der Waals surface area contributed by atoms with Crippen LogP contribution in [0.3, 0.4) is 0 Å². The zero-order chi connectivity index (χ0) is 22.9. The molecule has 2 aromatic carbocycles. The lowest BCUT2D eigenvalue weighted by molar-refractivity contribution is -0.143. The van der Waals surface area contributed by atoms with E-state index in [-0.39, 0.29) is 29.7 Å². The van der Waals surface area contributed by atoms with E-state index < -0.39 is 52.2 Å². The summed E-state index contributed by atoms with van der Waals surface area (Å²) in [5.74, 6) is -2.98. The van der Waals surface area contributed by atoms with Crippen LogP contribution in [0.2, 0.25) is 0 Å². The molecule has 0 atom stereocenters. The first-order valence-electron chi connectivity index (χ1n) is 7.88. The Morgan fingerprint density at radius 2 is 1.30 bits per heavy atom. The van der Waals surface area contributed by atoms with Crippen LogP contribution in [-0.4, -0.2) is 31.2 Å². The number of hydrogen-bond acceptors (Lipinski definition) is 4. The van der Waals surface area contributed by atoms with E-state index in [2.05, 4.69) is 0 Å². The number of ether oxygens (including phenoxy) is 2. The van der Waals surface area contributed by atoms with Crippen molar-refractivity contribution in [3.8, 4) is 11.5 Å². The van der Waals surface area contributed by atoms with E-state index in [0.717, 1.165) is 12.1 Å². The molecule has 12 heteroatoms. The molecule has 2 rings (SSSR count). The van der Waals surface area contributed by atoms with Crippen molar-refractivity contribution in [2.75, 3.05) is 19.5 Å². The van der Waals surface area contributed by atoms with E-state index in [1.807, 2.05) is 5.32 Å². The van der Waals surface area contributed by atoms with E-state index in [9.17, 15) is 41.0 Å². The molecule has 1 amide bonds. The van der Waals surface area contributed by atoms with Gasteiger partial charge in [0.2, 0.25) is 0 Å². The number of carbonyl (C=O) groups is 2. The van der Waals surface area contributed by atoms with Crippen molar-refractivity contribution in [1.29, 1.82) is 0 Å². The second-order valence-electron chi connectivity index (χ2n) is 5.81. The van der Waals surface area contributed by atoms with Gasteiger partial charge < -0.3 is 19.9 Å². The minimum Gasteiger partial charge on any atom is -0.493 e. The molecule has 30 heavy (non-hydrogen) atoms. The summed E-state index contributed by atoms with van der Waals surface area (Å²) in [6, 6.07) is 2.32. The van der Waals surface area contributed by atoms with Crippen molar-refractivity contribution < 1.29 is 50.5 Å². The summed E-state index contributed by atoms with van der Waals surface area (Å²) in [6.45, 7) is 0. The fraction of sp³-hybridized carbons (Fsp3) is 0.222. The molecule has 6 nitrogen and oxygen atoms in total. The Hall–Kier alpha value is -3.44. The van der Waals surface area contributed by atoms with E-state index in [1.54, 1.807) is 0 Å². The van der Waals surface area contributed by atoms with Crippen LogP contribution in [0, 0.1) is 0 Å². The van der Waals surface area contributed by atoms with Crippen molar-refractivity contribution in [1.82, 2.24) is 0 Å². The van der Waals surface area contributed by atoms with Gasteiger partial charge in [-0.3, -0.25) is 4.79 Å². The zero-order valence-corrected chi connectivity index (χ0v) is 15.2. The molecule has 0 aliphatic carbocycles. The van der Waals surface area contributed by atoms with Crippen molar-refractivity contribution in [3.63, 3.8) is 0 Å². The van der Waals surface area contributed by atoms with Crippen LogP contribution in [0.4, 0.5) is 32.0 Å². The summed E-state index contributed by atoms with van der Waals surface area (Å²) in [5, 5.41) is 11.3. The van der Waals surface area contributed by atoms with Gasteiger partial charge in [-0.05, 0) is 18.2 Å². The van der Waals surface area contributed by atoms with Gasteiger partial charge in [0.1, 0.15) is 0 Å². The third-order valence-electron chi connectivity index (χ3n) is 3.85. The molecule has 2 aromatic rings. The Kier molecular flexibility index (Phi) is 6.19. The number of carboxylic acid groups (broad SMARTS) is 1. The summed E-state index contributed by atoms with van der Waals surface area (Å²) in [4.78, 5) is 23.8. The van der Waals surface area contributed by atoms with Gasteiger partial charge >= 0.3 is 18.3 Å². The number of rotatable bonds is 5. The minimum atomic E-state index is -5.15. The van der Waals surface area contributed by atoms with E-state index in [0.29, 0.717) is 0 Å². The topological polar surface area (TPSA) is 84.9 Å². The number of nitrogens with one attached hydrogen (secondary N) is 1. The lowest BCUT2D eigenvalue weighted by Crippen LogP contribution is -2.18. The smallest absolute Gasteiger partial charge is 0.416 e. The number of halogens is 6. The SMILES string of the molecule is COc1cc(NC(=O)c2cc(C(F)(F)F)cc(C(F)(F)F)c2)c(C(=O)O)cc1OC. The quantitative estimate of drug-likeness (QED) is 0.663. The number of aromatic carboxylic acids is 1. The van der Waals surface area contributed by atoms with Gasteiger partial charge in [-0.1, -0.05) is 0 Å². The summed E-state index contributed by atoms with van der Waals surface area (Å²) in [7, 11) is 2.41. The molecule has 0 heterocycles. The van der Waals surface area contributed by atoms with E-state index in [4.69, 9.17) is 9.47 Å². The number of amides is 1. The van der Waals surface area contributed by atoms with E-state index >= 15 is 0 Å². The monoisotopic (exact) mass is 437 g/mol. The lowest BCUT2D eigenvalue weighted by Gasteiger charge is -2.16. The van der Waals surface area contributed by atoms with Crippen LogP contribution in [0.1, 0.15) is 31.8 Å². The number of carboxylic acids is 1. The molecule has 162 valence electrons. The summed E-state index contributed by atoms with van der Waals surface area (Å²) in [6.07, 6.45) is -10.3. The molecule has 0 bridgehead atoms. The molecule has 0 saturated carbocycles. The van der Waals surface area contributed by atoms with Crippen molar-refractivity contribution in [2.45, 2.75) is 12.4 Å². The highest BCUT2D eigenvalue weighted by atomic mass is 19.4. The second kappa shape index (κ2) is 8.13. The maximum Gasteiger partial charge on any atom is 0.416 e. The van der Waals surface area contributed by atoms with Gasteiger partial charge in [-0.15, -0.1) is 0 Å². The average molecular weight is 437 g/mol. The van der Waals surface area contributed by atoms with Gasteiger partial charge in [0, 0.05) is 17.7 Å². The van der Waals surface area contributed by atoms with E-state index in [1.165, 1.54) is 14.2 Å². The first kappa shape index (κ1) is 22.8. The number of carbonyl (C=O) groups excluding carboxylic acids is 1. The maximum atomic E-state index is 13.0. The summed E-state index contributed by atoms with van der Waals surface area (Å²) in [5.41, 5.74) is -5.29. The Morgan fingerprint density at radius 1 is 0.833 bits per heavy atom. The highest BCUT2D eigenvalue weighted by Gasteiger charge is 2.37. The predicted molar refractivity (Wildman–Crippen MR) is 90.9 cm³/mol. The van der Waals surface area contributed by atoms with Crippen LogP contribution in [0.25, 0.3) is 0 Å². The van der Waals surface area contributed by atoms with Crippen LogP contribution >= 0.6 is 0 Å². The Morgan fingerprint density at radius 3 is 1.70 bits per heavy atom. The molecule has 0 aliphatic heterocycles. The highest BCUT2D eigenvalue weighted by Crippen LogP contribution is 2.37. The molecule has 2 N–H and O–H groups in total. The molecule has 0 spiro atoms. The Labute approximate surface area is 165 Å². The number of alkyl halides is 6. The fourth-order valence-corrected chi connectivity index (χ4v) is 2.44. The lowest BCUT2D eigenvalue weighted by atomic mass is 10.0. The molecule has 0 aromatic heterocycles. The first-order valence-corrected chi connectivity index (χ1v) is 7.88. The van der Waals surface area contributed by atoms with Crippen LogP contribution in [0.5, 0.6) is 11.5 Å². The normalized spacial score (nSPS) is 11.7.